The van der Waals surface area contributed by atoms with Crippen LogP contribution in [0.3, 0.4) is 0 Å². The van der Waals surface area contributed by atoms with E-state index in [4.69, 9.17) is 0 Å². The molecular formula is C38H39N9O8. The van der Waals surface area contributed by atoms with Gasteiger partial charge in [0.1, 0.15) is 17.5 Å². The van der Waals surface area contributed by atoms with Crippen LogP contribution < -0.4 is 16.0 Å². The molecule has 0 saturated carbocycles. The zero-order chi connectivity index (χ0) is 39.1. The lowest BCUT2D eigenvalue weighted by Gasteiger charge is -2.29. The minimum Gasteiger partial charge on any atom is -0.508 e. The van der Waals surface area contributed by atoms with Gasteiger partial charge in [0.25, 0.3) is 5.91 Å². The number of rotatable bonds is 10. The second-order valence-electron chi connectivity index (χ2n) is 13.9. The topological polar surface area (TPSA) is 224 Å². The van der Waals surface area contributed by atoms with Crippen LogP contribution in [0.1, 0.15) is 54.1 Å². The van der Waals surface area contributed by atoms with Gasteiger partial charge in [-0.25, -0.2) is 9.36 Å². The first-order valence-corrected chi connectivity index (χ1v) is 17.7. The van der Waals surface area contributed by atoms with E-state index in [0.29, 0.717) is 46.7 Å². The number of nitrogens with zero attached hydrogens (tertiary/aromatic N) is 6. The molecule has 5 aromatic rings. The molecule has 7 rings (SSSR count). The minimum absolute atomic E-state index is 0.0390. The molecule has 6 amide bonds. The number of aromatic nitrogens is 4. The zero-order valence-electron chi connectivity index (χ0n) is 30.2. The van der Waals surface area contributed by atoms with Gasteiger partial charge in [-0.15, -0.1) is 5.10 Å². The highest BCUT2D eigenvalue weighted by atomic mass is 16.3. The molecule has 17 heteroatoms. The Hall–Kier alpha value is -6.91. The van der Waals surface area contributed by atoms with Crippen molar-refractivity contribution < 1.29 is 39.3 Å². The van der Waals surface area contributed by atoms with E-state index in [2.05, 4.69) is 26.1 Å². The molecule has 17 nitrogen and oxygen atoms in total. The summed E-state index contributed by atoms with van der Waals surface area (Å²) in [7, 11) is 1.61. The molecule has 1 unspecified atom stereocenters. The maximum Gasteiger partial charge on any atom is 0.319 e. The number of piperidine rings is 1. The fourth-order valence-corrected chi connectivity index (χ4v) is 6.99. The van der Waals surface area contributed by atoms with Crippen molar-refractivity contribution in [3.63, 3.8) is 0 Å². The van der Waals surface area contributed by atoms with E-state index in [-0.39, 0.29) is 67.0 Å². The van der Waals surface area contributed by atoms with Crippen molar-refractivity contribution in [2.24, 2.45) is 0 Å². The average molecular weight is 750 g/mol. The number of phenolic OH excluding ortho intramolecular Hbond substituents is 2. The standard InChI is InChI=1S/C38H39N9O8/c1-20(2)24-16-25(31(49)17-30(24)48)34-42-43-38(55)47(34)22-7-8-28-21(15-22)11-12-45(28)14-13-44(3)37(54)39-18-33(51)40-27-6-4-5-23-26(27)19-46(36(23)53)29-9-10-32(50)41-35(29)52/h4-8,11-12,15-17,20,29,48-49H,9-10,13-14,18-19H2,1-3H3,(H,39,54)(H,40,51)(H,43,55)(H,41,50,52). The minimum atomic E-state index is -0.785. The molecule has 4 heterocycles. The van der Waals surface area contributed by atoms with E-state index in [1.54, 1.807) is 37.4 Å². The number of phenols is 2. The highest BCUT2D eigenvalue weighted by Gasteiger charge is 2.40. The summed E-state index contributed by atoms with van der Waals surface area (Å²) in [5.41, 5.74) is 3.59. The SMILES string of the molecule is CC(C)c1cc(-c2nnc(O)n2-c2ccc3c(ccn3CCN(C)C(=O)NCC(=O)Nc3cccc4c3CN(C3CCC(=O)NC3=O)C4=O)c2)c(O)cc1O. The molecular weight excluding hydrogens is 710 g/mol. The van der Waals surface area contributed by atoms with Crippen LogP contribution in [-0.4, -0.2) is 100 Å². The number of imide groups is 1. The molecule has 1 saturated heterocycles. The summed E-state index contributed by atoms with van der Waals surface area (Å²) in [6, 6.07) is 13.5. The van der Waals surface area contributed by atoms with Crippen LogP contribution in [0.4, 0.5) is 10.5 Å². The fraction of sp³-hybridized carbons (Fsp3) is 0.289. The molecule has 0 radical (unpaired) electrons. The van der Waals surface area contributed by atoms with Gasteiger partial charge in [-0.1, -0.05) is 25.0 Å². The van der Waals surface area contributed by atoms with Crippen molar-refractivity contribution in [2.45, 2.75) is 51.7 Å². The van der Waals surface area contributed by atoms with Crippen molar-refractivity contribution in [1.29, 1.82) is 0 Å². The molecule has 2 aromatic heterocycles. The van der Waals surface area contributed by atoms with Crippen LogP contribution in [0, 0.1) is 0 Å². The number of urea groups is 1. The van der Waals surface area contributed by atoms with Crippen LogP contribution in [0.5, 0.6) is 17.5 Å². The molecule has 0 aliphatic carbocycles. The summed E-state index contributed by atoms with van der Waals surface area (Å²) in [5.74, 6) is -1.87. The molecule has 284 valence electrons. The summed E-state index contributed by atoms with van der Waals surface area (Å²) in [4.78, 5) is 65.8. The number of likely N-dealkylation sites (N-methyl/N-ethyl adjacent to an activating group) is 1. The number of hydrogen-bond donors (Lipinski definition) is 6. The normalized spacial score (nSPS) is 15.4. The van der Waals surface area contributed by atoms with Crippen molar-refractivity contribution in [3.05, 3.63) is 77.5 Å². The number of carbonyl (C=O) groups is 5. The molecule has 0 bridgehead atoms. The van der Waals surface area contributed by atoms with Gasteiger partial charge >= 0.3 is 12.0 Å². The maximum absolute atomic E-state index is 13.1. The van der Waals surface area contributed by atoms with Crippen LogP contribution in [-0.2, 0) is 27.5 Å². The number of anilines is 1. The number of aromatic hydroxyl groups is 3. The van der Waals surface area contributed by atoms with E-state index in [1.807, 2.05) is 42.8 Å². The molecule has 3 aromatic carbocycles. The summed E-state index contributed by atoms with van der Waals surface area (Å²) >= 11 is 0. The quantitative estimate of drug-likeness (QED) is 0.114. The van der Waals surface area contributed by atoms with E-state index >= 15 is 0 Å². The maximum atomic E-state index is 13.1. The first kappa shape index (κ1) is 36.4. The molecule has 55 heavy (non-hydrogen) atoms. The molecule has 2 aliphatic heterocycles. The van der Waals surface area contributed by atoms with Crippen LogP contribution in [0.2, 0.25) is 0 Å². The molecule has 6 N–H and O–H groups in total. The van der Waals surface area contributed by atoms with E-state index in [9.17, 15) is 39.3 Å². The lowest BCUT2D eigenvalue weighted by molar-refractivity contribution is -0.137. The molecule has 2 aliphatic rings. The van der Waals surface area contributed by atoms with Crippen molar-refractivity contribution in [3.8, 4) is 34.6 Å². The van der Waals surface area contributed by atoms with Gasteiger partial charge in [0, 0.05) is 73.1 Å². The van der Waals surface area contributed by atoms with Crippen LogP contribution in [0.25, 0.3) is 28.0 Å². The Balaban J connectivity index is 0.959. The largest absolute Gasteiger partial charge is 0.508 e. The molecule has 0 spiro atoms. The Morgan fingerprint density at radius 2 is 1.80 bits per heavy atom. The third kappa shape index (κ3) is 6.98. The third-order valence-corrected chi connectivity index (χ3v) is 9.95. The van der Waals surface area contributed by atoms with Crippen molar-refractivity contribution >= 4 is 46.3 Å². The number of fused-ring (bicyclic) bond motifs is 2. The second kappa shape index (κ2) is 14.5. The van der Waals surface area contributed by atoms with Gasteiger partial charge in [0.05, 0.1) is 17.8 Å². The predicted octanol–water partition coefficient (Wildman–Crippen LogP) is 3.17. The Bertz CT molecular complexity index is 2380. The molecule has 1 atom stereocenters. The lowest BCUT2D eigenvalue weighted by atomic mass is 9.98. The summed E-state index contributed by atoms with van der Waals surface area (Å²) in [6.07, 6.45) is 2.22. The van der Waals surface area contributed by atoms with Crippen molar-refractivity contribution in [2.75, 3.05) is 25.5 Å². The summed E-state index contributed by atoms with van der Waals surface area (Å²) in [5, 5.41) is 48.0. The Morgan fingerprint density at radius 3 is 2.56 bits per heavy atom. The molecule has 1 fully saturated rings. The third-order valence-electron chi connectivity index (χ3n) is 9.95. The van der Waals surface area contributed by atoms with Gasteiger partial charge in [-0.3, -0.25) is 24.5 Å². The monoisotopic (exact) mass is 749 g/mol. The van der Waals surface area contributed by atoms with E-state index in [0.717, 1.165) is 10.9 Å². The van der Waals surface area contributed by atoms with Crippen molar-refractivity contribution in [1.82, 2.24) is 39.8 Å². The lowest BCUT2D eigenvalue weighted by Crippen LogP contribution is -2.52. The van der Waals surface area contributed by atoms with Gasteiger partial charge < -0.3 is 40.3 Å². The Morgan fingerprint density at radius 1 is 1.00 bits per heavy atom. The summed E-state index contributed by atoms with van der Waals surface area (Å²) in [6.45, 7) is 4.31. The van der Waals surface area contributed by atoms with Gasteiger partial charge in [0.15, 0.2) is 5.82 Å². The Kier molecular flexibility index (Phi) is 9.60. The number of amides is 6. The van der Waals surface area contributed by atoms with E-state index < -0.39 is 23.9 Å². The summed E-state index contributed by atoms with van der Waals surface area (Å²) < 4.78 is 3.36. The fourth-order valence-electron chi connectivity index (χ4n) is 6.99. The first-order valence-electron chi connectivity index (χ1n) is 17.7. The smallest absolute Gasteiger partial charge is 0.319 e. The van der Waals surface area contributed by atoms with Crippen LogP contribution in [0.15, 0.2) is 60.8 Å². The van der Waals surface area contributed by atoms with E-state index in [1.165, 1.54) is 20.4 Å². The van der Waals surface area contributed by atoms with Crippen LogP contribution >= 0.6 is 0 Å². The average Bonchev–Trinajstić information content (AvgIpc) is 3.84. The highest BCUT2D eigenvalue weighted by molar-refractivity contribution is 6.07. The van der Waals surface area contributed by atoms with Gasteiger partial charge in [0.2, 0.25) is 17.7 Å². The number of carbonyl (C=O) groups excluding carboxylic acids is 5. The first-order chi connectivity index (χ1) is 26.3. The number of hydrogen-bond acceptors (Lipinski definition) is 10. The van der Waals surface area contributed by atoms with Gasteiger partial charge in [-0.2, -0.15) is 0 Å². The Labute approximate surface area is 314 Å². The second-order valence-corrected chi connectivity index (χ2v) is 13.9. The van der Waals surface area contributed by atoms with Gasteiger partial charge in [-0.05, 0) is 60.4 Å². The number of nitrogens with one attached hydrogen (secondary N) is 3. The number of benzene rings is 3. The highest BCUT2D eigenvalue weighted by Crippen LogP contribution is 2.39. The zero-order valence-corrected chi connectivity index (χ0v) is 30.2. The predicted molar refractivity (Wildman–Crippen MR) is 199 cm³/mol.